The van der Waals surface area contributed by atoms with Gasteiger partial charge in [0, 0.05) is 42.4 Å². The predicted octanol–water partition coefficient (Wildman–Crippen LogP) is 3.85. The van der Waals surface area contributed by atoms with Gasteiger partial charge in [-0.05, 0) is 0 Å². The summed E-state index contributed by atoms with van der Waals surface area (Å²) in [7, 11) is 2.20. The summed E-state index contributed by atoms with van der Waals surface area (Å²) in [6.07, 6.45) is 0. The summed E-state index contributed by atoms with van der Waals surface area (Å²) in [6.45, 7) is 19.9. The quantitative estimate of drug-likeness (QED) is 0.692. The van der Waals surface area contributed by atoms with Crippen molar-refractivity contribution in [3.8, 4) is 0 Å². The molecule has 1 rings (SSSR count). The zero-order chi connectivity index (χ0) is 13.9. The molecule has 0 amide bonds. The first-order valence-electron chi connectivity index (χ1n) is 6.84. The minimum atomic E-state index is 0.206. The summed E-state index contributed by atoms with van der Waals surface area (Å²) in [5.41, 5.74) is 3.28. The van der Waals surface area contributed by atoms with Crippen molar-refractivity contribution in [1.29, 1.82) is 0 Å². The Morgan fingerprint density at radius 1 is 0.941 bits per heavy atom. The van der Waals surface area contributed by atoms with Crippen LogP contribution in [-0.2, 0) is 0 Å². The molecular weight excluding hydrogens is 208 g/mol. The van der Waals surface area contributed by atoms with Crippen LogP contribution in [0.25, 0.3) is 0 Å². The van der Waals surface area contributed by atoms with Crippen LogP contribution in [0.3, 0.4) is 0 Å². The molecule has 0 aromatic heterocycles. The van der Waals surface area contributed by atoms with E-state index < -0.39 is 0 Å². The van der Waals surface area contributed by atoms with Crippen LogP contribution in [0.5, 0.6) is 0 Å². The van der Waals surface area contributed by atoms with E-state index in [9.17, 15) is 0 Å². The van der Waals surface area contributed by atoms with Crippen LogP contribution in [-0.4, -0.2) is 25.0 Å². The first kappa shape index (κ1) is 16.3. The van der Waals surface area contributed by atoms with E-state index in [2.05, 4.69) is 58.8 Å². The largest absolute Gasteiger partial charge is 0.385 e. The number of nitrogens with one attached hydrogen (secondary N) is 1. The highest BCUT2D eigenvalue weighted by Crippen LogP contribution is 2.37. The lowest BCUT2D eigenvalue weighted by atomic mass is 9.81. The van der Waals surface area contributed by atoms with Crippen LogP contribution < -0.4 is 5.32 Å². The van der Waals surface area contributed by atoms with E-state index in [1.807, 2.05) is 13.8 Å². The van der Waals surface area contributed by atoms with Gasteiger partial charge in [0.25, 0.3) is 0 Å². The number of hydrogen-bond donors (Lipinski definition) is 1. The van der Waals surface area contributed by atoms with E-state index in [1.165, 1.54) is 11.4 Å². The molecule has 0 bridgehead atoms. The van der Waals surface area contributed by atoms with E-state index in [4.69, 9.17) is 0 Å². The molecule has 1 heterocycles. The first-order valence-corrected chi connectivity index (χ1v) is 6.84. The Hall–Kier alpha value is -0.660. The van der Waals surface area contributed by atoms with Gasteiger partial charge in [0.1, 0.15) is 0 Å². The SMILES string of the molecule is CC.CN1CCNC(C(C)(C)C)=C1C(C)(C)C. The number of allylic oxidation sites excluding steroid dienone is 2. The third-order valence-corrected chi connectivity index (χ3v) is 2.83. The summed E-state index contributed by atoms with van der Waals surface area (Å²) in [4.78, 5) is 2.40. The van der Waals surface area contributed by atoms with Crippen LogP contribution in [0.1, 0.15) is 55.4 Å². The zero-order valence-corrected chi connectivity index (χ0v) is 13.4. The highest BCUT2D eigenvalue weighted by Gasteiger charge is 2.32. The summed E-state index contributed by atoms with van der Waals surface area (Å²) < 4.78 is 0. The molecule has 0 aliphatic carbocycles. The molecule has 102 valence electrons. The molecule has 0 radical (unpaired) electrons. The number of hydrogen-bond acceptors (Lipinski definition) is 2. The van der Waals surface area contributed by atoms with E-state index >= 15 is 0 Å². The smallest absolute Gasteiger partial charge is 0.0383 e. The van der Waals surface area contributed by atoms with E-state index in [0.29, 0.717) is 0 Å². The molecule has 0 saturated carbocycles. The Morgan fingerprint density at radius 3 is 1.71 bits per heavy atom. The standard InChI is InChI=1S/C13H26N2.C2H6/c1-12(2,3)10-11(13(4,5)6)15(7)9-8-14-10;1-2/h14H,8-9H2,1-7H3;1-2H3. The third kappa shape index (κ3) is 4.25. The lowest BCUT2D eigenvalue weighted by Gasteiger charge is -2.42. The summed E-state index contributed by atoms with van der Waals surface area (Å²) in [5.74, 6) is 0. The maximum atomic E-state index is 3.58. The van der Waals surface area contributed by atoms with Crippen LogP contribution in [0.2, 0.25) is 0 Å². The van der Waals surface area contributed by atoms with Gasteiger partial charge in [-0.1, -0.05) is 55.4 Å². The van der Waals surface area contributed by atoms with Gasteiger partial charge in [-0.25, -0.2) is 0 Å². The molecule has 0 unspecified atom stereocenters. The highest BCUT2D eigenvalue weighted by molar-refractivity contribution is 5.24. The van der Waals surface area contributed by atoms with Gasteiger partial charge in [0.2, 0.25) is 0 Å². The van der Waals surface area contributed by atoms with E-state index in [0.717, 1.165) is 13.1 Å². The summed E-state index contributed by atoms with van der Waals surface area (Å²) >= 11 is 0. The second kappa shape index (κ2) is 5.79. The van der Waals surface area contributed by atoms with Crippen molar-refractivity contribution in [3.05, 3.63) is 11.4 Å². The molecular formula is C15H32N2. The van der Waals surface area contributed by atoms with Crippen molar-refractivity contribution in [3.63, 3.8) is 0 Å². The molecule has 1 N–H and O–H groups in total. The molecule has 0 spiro atoms. The molecule has 17 heavy (non-hydrogen) atoms. The first-order chi connectivity index (χ1) is 7.64. The fourth-order valence-electron chi connectivity index (χ4n) is 2.30. The Balaban J connectivity index is 0.00000121. The number of nitrogens with zero attached hydrogens (tertiary/aromatic N) is 1. The van der Waals surface area contributed by atoms with Crippen molar-refractivity contribution in [2.45, 2.75) is 55.4 Å². The predicted molar refractivity (Wildman–Crippen MR) is 77.9 cm³/mol. The van der Waals surface area contributed by atoms with Gasteiger partial charge < -0.3 is 10.2 Å². The molecule has 0 fully saturated rings. The minimum absolute atomic E-state index is 0.206. The molecule has 0 aromatic carbocycles. The van der Waals surface area contributed by atoms with Crippen molar-refractivity contribution >= 4 is 0 Å². The average Bonchev–Trinajstić information content (AvgIpc) is 2.17. The maximum Gasteiger partial charge on any atom is 0.0383 e. The van der Waals surface area contributed by atoms with Gasteiger partial charge in [-0.2, -0.15) is 0 Å². The van der Waals surface area contributed by atoms with Gasteiger partial charge in [-0.15, -0.1) is 0 Å². The molecule has 0 saturated heterocycles. The lowest BCUT2D eigenvalue weighted by molar-refractivity contribution is 0.257. The second-order valence-corrected chi connectivity index (χ2v) is 6.57. The molecule has 1 aliphatic rings. The molecule has 0 aromatic rings. The molecule has 0 atom stereocenters. The lowest BCUT2D eigenvalue weighted by Crippen LogP contribution is -2.44. The van der Waals surface area contributed by atoms with Crippen molar-refractivity contribution in [2.24, 2.45) is 10.8 Å². The second-order valence-electron chi connectivity index (χ2n) is 6.57. The van der Waals surface area contributed by atoms with Crippen LogP contribution in [0.15, 0.2) is 11.4 Å². The Morgan fingerprint density at radius 2 is 1.41 bits per heavy atom. The van der Waals surface area contributed by atoms with Crippen LogP contribution in [0, 0.1) is 10.8 Å². The maximum absolute atomic E-state index is 3.58. The monoisotopic (exact) mass is 240 g/mol. The zero-order valence-electron chi connectivity index (χ0n) is 13.4. The van der Waals surface area contributed by atoms with Gasteiger partial charge in [-0.3, -0.25) is 0 Å². The van der Waals surface area contributed by atoms with E-state index in [-0.39, 0.29) is 10.8 Å². The van der Waals surface area contributed by atoms with Crippen molar-refractivity contribution < 1.29 is 0 Å². The van der Waals surface area contributed by atoms with Crippen LogP contribution in [0.4, 0.5) is 0 Å². The number of likely N-dealkylation sites (N-methyl/N-ethyl adjacent to an activating group) is 1. The normalized spacial score (nSPS) is 17.4. The molecule has 2 nitrogen and oxygen atoms in total. The third-order valence-electron chi connectivity index (χ3n) is 2.83. The molecule has 1 aliphatic heterocycles. The fraction of sp³-hybridized carbons (Fsp3) is 0.867. The Labute approximate surface area is 108 Å². The topological polar surface area (TPSA) is 15.3 Å². The van der Waals surface area contributed by atoms with Gasteiger partial charge in [0.15, 0.2) is 0 Å². The highest BCUT2D eigenvalue weighted by atomic mass is 15.2. The molecule has 2 heteroatoms. The van der Waals surface area contributed by atoms with Crippen molar-refractivity contribution in [1.82, 2.24) is 10.2 Å². The fourth-order valence-corrected chi connectivity index (χ4v) is 2.30. The van der Waals surface area contributed by atoms with Crippen molar-refractivity contribution in [2.75, 3.05) is 20.1 Å². The summed E-state index contributed by atoms with van der Waals surface area (Å²) in [5, 5.41) is 3.58. The van der Waals surface area contributed by atoms with Gasteiger partial charge >= 0.3 is 0 Å². The number of rotatable bonds is 0. The Kier molecular flexibility index (Phi) is 5.57. The average molecular weight is 240 g/mol. The van der Waals surface area contributed by atoms with Gasteiger partial charge in [0.05, 0.1) is 0 Å². The summed E-state index contributed by atoms with van der Waals surface area (Å²) in [6, 6.07) is 0. The Bertz CT molecular complexity index is 264. The minimum Gasteiger partial charge on any atom is -0.385 e. The van der Waals surface area contributed by atoms with E-state index in [1.54, 1.807) is 0 Å². The van der Waals surface area contributed by atoms with Crippen LogP contribution >= 0.6 is 0 Å².